The SMILES string of the molecule is Cc1noc(C2CCCN(C(=O)CCc3ccncc3)C2)n1. The minimum atomic E-state index is 0.167. The van der Waals surface area contributed by atoms with Gasteiger partial charge in [0.1, 0.15) is 0 Å². The zero-order chi connectivity index (χ0) is 15.4. The van der Waals surface area contributed by atoms with Gasteiger partial charge in [-0.3, -0.25) is 9.78 Å². The number of nitrogens with zero attached hydrogens (tertiary/aromatic N) is 4. The molecule has 116 valence electrons. The molecule has 0 radical (unpaired) electrons. The highest BCUT2D eigenvalue weighted by atomic mass is 16.5. The maximum atomic E-state index is 12.4. The third kappa shape index (κ3) is 3.50. The van der Waals surface area contributed by atoms with Crippen LogP contribution in [0.3, 0.4) is 0 Å². The molecule has 0 aromatic carbocycles. The molecule has 3 rings (SSSR count). The number of aromatic nitrogens is 3. The quantitative estimate of drug-likeness (QED) is 0.864. The second-order valence-corrected chi connectivity index (χ2v) is 5.71. The average Bonchev–Trinajstić information content (AvgIpc) is 3.00. The number of pyridine rings is 1. The summed E-state index contributed by atoms with van der Waals surface area (Å²) in [6, 6.07) is 3.90. The molecule has 22 heavy (non-hydrogen) atoms. The van der Waals surface area contributed by atoms with Crippen molar-refractivity contribution in [3.05, 3.63) is 41.8 Å². The van der Waals surface area contributed by atoms with Crippen LogP contribution in [0.25, 0.3) is 0 Å². The summed E-state index contributed by atoms with van der Waals surface area (Å²) in [5, 5.41) is 3.84. The largest absolute Gasteiger partial charge is 0.342 e. The van der Waals surface area contributed by atoms with Gasteiger partial charge in [0.25, 0.3) is 0 Å². The van der Waals surface area contributed by atoms with Gasteiger partial charge >= 0.3 is 0 Å². The van der Waals surface area contributed by atoms with Crippen molar-refractivity contribution in [2.24, 2.45) is 0 Å². The molecule has 0 spiro atoms. The zero-order valence-corrected chi connectivity index (χ0v) is 12.7. The fourth-order valence-electron chi connectivity index (χ4n) is 2.84. The molecule has 1 aliphatic rings. The van der Waals surface area contributed by atoms with Gasteiger partial charge < -0.3 is 9.42 Å². The van der Waals surface area contributed by atoms with Crippen LogP contribution in [0.4, 0.5) is 0 Å². The van der Waals surface area contributed by atoms with E-state index in [1.807, 2.05) is 24.0 Å². The van der Waals surface area contributed by atoms with Crippen LogP contribution >= 0.6 is 0 Å². The first-order chi connectivity index (χ1) is 10.7. The van der Waals surface area contributed by atoms with Gasteiger partial charge in [-0.15, -0.1) is 0 Å². The minimum absolute atomic E-state index is 0.167. The van der Waals surface area contributed by atoms with Crippen LogP contribution < -0.4 is 0 Å². The van der Waals surface area contributed by atoms with Crippen molar-refractivity contribution in [1.29, 1.82) is 0 Å². The number of amides is 1. The van der Waals surface area contributed by atoms with Crippen LogP contribution in [0.2, 0.25) is 0 Å². The first kappa shape index (κ1) is 14.7. The van der Waals surface area contributed by atoms with E-state index in [0.717, 1.165) is 31.4 Å². The monoisotopic (exact) mass is 300 g/mol. The molecule has 1 amide bonds. The van der Waals surface area contributed by atoms with Crippen LogP contribution in [0.1, 0.15) is 42.5 Å². The van der Waals surface area contributed by atoms with Gasteiger partial charge in [0.15, 0.2) is 5.82 Å². The number of aryl methyl sites for hydroxylation is 2. The zero-order valence-electron chi connectivity index (χ0n) is 12.7. The Bertz CT molecular complexity index is 626. The van der Waals surface area contributed by atoms with Crippen molar-refractivity contribution in [3.63, 3.8) is 0 Å². The number of likely N-dealkylation sites (tertiary alicyclic amines) is 1. The first-order valence-corrected chi connectivity index (χ1v) is 7.69. The van der Waals surface area contributed by atoms with Crippen LogP contribution in [0.15, 0.2) is 29.0 Å². The van der Waals surface area contributed by atoms with Crippen LogP contribution in [-0.4, -0.2) is 39.0 Å². The fraction of sp³-hybridized carbons (Fsp3) is 0.500. The standard InChI is InChI=1S/C16H20N4O2/c1-12-18-16(22-19-12)14-3-2-10-20(11-14)15(21)5-4-13-6-8-17-9-7-13/h6-9,14H,2-5,10-11H2,1H3. The van der Waals surface area contributed by atoms with Crippen LogP contribution in [0.5, 0.6) is 0 Å². The van der Waals surface area contributed by atoms with E-state index in [-0.39, 0.29) is 11.8 Å². The topological polar surface area (TPSA) is 72.1 Å². The lowest BCUT2D eigenvalue weighted by molar-refractivity contribution is -0.132. The van der Waals surface area contributed by atoms with E-state index in [1.54, 1.807) is 12.4 Å². The molecular formula is C16H20N4O2. The number of rotatable bonds is 4. The molecule has 6 heteroatoms. The summed E-state index contributed by atoms with van der Waals surface area (Å²) < 4.78 is 5.26. The molecule has 0 saturated carbocycles. The van der Waals surface area contributed by atoms with Crippen molar-refractivity contribution in [1.82, 2.24) is 20.0 Å². The van der Waals surface area contributed by atoms with Crippen molar-refractivity contribution >= 4 is 5.91 Å². The molecule has 3 heterocycles. The lowest BCUT2D eigenvalue weighted by Crippen LogP contribution is -2.39. The molecule has 0 bridgehead atoms. The summed E-state index contributed by atoms with van der Waals surface area (Å²) >= 11 is 0. The van der Waals surface area contributed by atoms with Crippen molar-refractivity contribution < 1.29 is 9.32 Å². The Hall–Kier alpha value is -2.24. The Kier molecular flexibility index (Phi) is 4.46. The lowest BCUT2D eigenvalue weighted by atomic mass is 9.97. The highest BCUT2D eigenvalue weighted by molar-refractivity contribution is 5.76. The number of carbonyl (C=O) groups is 1. The number of hydrogen-bond donors (Lipinski definition) is 0. The summed E-state index contributed by atoms with van der Waals surface area (Å²) in [5.74, 6) is 1.66. The number of carbonyl (C=O) groups excluding carboxylic acids is 1. The molecule has 0 aliphatic carbocycles. The van der Waals surface area contributed by atoms with Crippen LogP contribution in [-0.2, 0) is 11.2 Å². The molecule has 1 unspecified atom stereocenters. The van der Waals surface area contributed by atoms with Crippen molar-refractivity contribution in [2.75, 3.05) is 13.1 Å². The molecule has 1 aliphatic heterocycles. The summed E-state index contributed by atoms with van der Waals surface area (Å²) in [5.41, 5.74) is 1.14. The summed E-state index contributed by atoms with van der Waals surface area (Å²) in [4.78, 5) is 22.6. The smallest absolute Gasteiger partial charge is 0.231 e. The first-order valence-electron chi connectivity index (χ1n) is 7.69. The number of hydrogen-bond acceptors (Lipinski definition) is 5. The molecule has 2 aromatic rings. The van der Waals surface area contributed by atoms with Gasteiger partial charge in [0, 0.05) is 31.9 Å². The van der Waals surface area contributed by atoms with Gasteiger partial charge in [0.2, 0.25) is 11.8 Å². The Balaban J connectivity index is 1.56. The molecular weight excluding hydrogens is 280 g/mol. The van der Waals surface area contributed by atoms with Gasteiger partial charge in [-0.2, -0.15) is 4.98 Å². The predicted molar refractivity (Wildman–Crippen MR) is 80.1 cm³/mol. The minimum Gasteiger partial charge on any atom is -0.342 e. The summed E-state index contributed by atoms with van der Waals surface area (Å²) in [6.45, 7) is 3.31. The Labute approximate surface area is 129 Å². The highest BCUT2D eigenvalue weighted by Gasteiger charge is 2.27. The fourth-order valence-corrected chi connectivity index (χ4v) is 2.84. The van der Waals surface area contributed by atoms with E-state index in [4.69, 9.17) is 4.52 Å². The lowest BCUT2D eigenvalue weighted by Gasteiger charge is -2.31. The molecule has 2 aromatic heterocycles. The summed E-state index contributed by atoms with van der Waals surface area (Å²) in [6.07, 6.45) is 6.77. The maximum absolute atomic E-state index is 12.4. The third-order valence-electron chi connectivity index (χ3n) is 4.04. The molecule has 6 nitrogen and oxygen atoms in total. The number of piperidine rings is 1. The van der Waals surface area contributed by atoms with E-state index in [9.17, 15) is 4.79 Å². The van der Waals surface area contributed by atoms with Gasteiger partial charge in [-0.25, -0.2) is 0 Å². The second kappa shape index (κ2) is 6.68. The Morgan fingerprint density at radius 1 is 1.41 bits per heavy atom. The molecule has 1 saturated heterocycles. The third-order valence-corrected chi connectivity index (χ3v) is 4.04. The molecule has 1 atom stereocenters. The van der Waals surface area contributed by atoms with Gasteiger partial charge in [0.05, 0.1) is 5.92 Å². The van der Waals surface area contributed by atoms with Crippen LogP contribution in [0, 0.1) is 6.92 Å². The molecule has 0 N–H and O–H groups in total. The van der Waals surface area contributed by atoms with E-state index in [2.05, 4.69) is 15.1 Å². The van der Waals surface area contributed by atoms with E-state index >= 15 is 0 Å². The highest BCUT2D eigenvalue weighted by Crippen LogP contribution is 2.26. The Morgan fingerprint density at radius 2 is 2.23 bits per heavy atom. The Morgan fingerprint density at radius 3 is 2.95 bits per heavy atom. The normalized spacial score (nSPS) is 18.4. The van der Waals surface area contributed by atoms with Crippen molar-refractivity contribution in [3.8, 4) is 0 Å². The van der Waals surface area contributed by atoms with E-state index in [1.165, 1.54) is 0 Å². The predicted octanol–water partition coefficient (Wildman–Crippen LogP) is 2.11. The summed E-state index contributed by atoms with van der Waals surface area (Å²) in [7, 11) is 0. The average molecular weight is 300 g/mol. The van der Waals surface area contributed by atoms with Gasteiger partial charge in [-0.05, 0) is 43.9 Å². The second-order valence-electron chi connectivity index (χ2n) is 5.71. The maximum Gasteiger partial charge on any atom is 0.231 e. The van der Waals surface area contributed by atoms with Gasteiger partial charge in [-0.1, -0.05) is 5.16 Å². The molecule has 1 fully saturated rings. The van der Waals surface area contributed by atoms with E-state index < -0.39 is 0 Å². The van der Waals surface area contributed by atoms with E-state index in [0.29, 0.717) is 24.7 Å². The van der Waals surface area contributed by atoms with Crippen molar-refractivity contribution in [2.45, 2.75) is 38.5 Å².